The summed E-state index contributed by atoms with van der Waals surface area (Å²) >= 11 is 0. The molecular formula is C25H26N4O2. The molecule has 2 aromatic carbocycles. The van der Waals surface area contributed by atoms with Gasteiger partial charge in [0.1, 0.15) is 17.6 Å². The summed E-state index contributed by atoms with van der Waals surface area (Å²) in [5.74, 6) is -0.0517. The molecule has 0 aliphatic heterocycles. The number of hydrogen-bond acceptors (Lipinski definition) is 3. The van der Waals surface area contributed by atoms with Gasteiger partial charge in [0.15, 0.2) is 0 Å². The lowest BCUT2D eigenvalue weighted by atomic mass is 10.1. The van der Waals surface area contributed by atoms with Crippen molar-refractivity contribution in [3.05, 3.63) is 76.3 Å². The van der Waals surface area contributed by atoms with E-state index in [4.69, 9.17) is 0 Å². The van der Waals surface area contributed by atoms with Gasteiger partial charge in [-0.2, -0.15) is 0 Å². The first kappa shape index (κ1) is 19.5. The third kappa shape index (κ3) is 3.74. The number of hydrogen-bond donors (Lipinski definition) is 1. The van der Waals surface area contributed by atoms with Crippen molar-refractivity contribution < 1.29 is 4.79 Å². The van der Waals surface area contributed by atoms with Crippen molar-refractivity contribution in [2.24, 2.45) is 0 Å². The molecule has 0 spiro atoms. The van der Waals surface area contributed by atoms with Gasteiger partial charge in [-0.05, 0) is 37.5 Å². The van der Waals surface area contributed by atoms with Crippen LogP contribution in [0.1, 0.15) is 36.8 Å². The van der Waals surface area contributed by atoms with Crippen molar-refractivity contribution in [2.45, 2.75) is 51.7 Å². The third-order valence-electron chi connectivity index (χ3n) is 6.20. The van der Waals surface area contributed by atoms with Gasteiger partial charge in [0.25, 0.3) is 5.56 Å². The van der Waals surface area contributed by atoms with E-state index >= 15 is 0 Å². The molecule has 0 bridgehead atoms. The van der Waals surface area contributed by atoms with Gasteiger partial charge in [-0.1, -0.05) is 54.8 Å². The highest BCUT2D eigenvalue weighted by Gasteiger charge is 2.21. The van der Waals surface area contributed by atoms with Gasteiger partial charge in [-0.25, -0.2) is 4.98 Å². The average molecular weight is 415 g/mol. The number of benzene rings is 2. The van der Waals surface area contributed by atoms with Gasteiger partial charge in [0.05, 0.1) is 18.4 Å². The Morgan fingerprint density at radius 1 is 1.13 bits per heavy atom. The first-order valence-corrected chi connectivity index (χ1v) is 10.9. The maximum absolute atomic E-state index is 13.5. The SMILES string of the molecule is Cc1ccc2c(c1)c1ncn(Cc3ccccc3)c(=O)c1n2CC(=O)NC1CCCC1. The fourth-order valence-electron chi connectivity index (χ4n) is 4.66. The third-order valence-corrected chi connectivity index (χ3v) is 6.20. The summed E-state index contributed by atoms with van der Waals surface area (Å²) in [4.78, 5) is 31.0. The van der Waals surface area contributed by atoms with Crippen LogP contribution in [0.4, 0.5) is 0 Å². The van der Waals surface area contributed by atoms with Crippen LogP contribution in [0.2, 0.25) is 0 Å². The van der Waals surface area contributed by atoms with E-state index < -0.39 is 0 Å². The van der Waals surface area contributed by atoms with Crippen LogP contribution >= 0.6 is 0 Å². The molecule has 0 atom stereocenters. The van der Waals surface area contributed by atoms with Crippen LogP contribution in [0, 0.1) is 6.92 Å². The van der Waals surface area contributed by atoms with Gasteiger partial charge in [0.2, 0.25) is 5.91 Å². The molecule has 0 unspecified atom stereocenters. The number of nitrogens with zero attached hydrogens (tertiary/aromatic N) is 3. The number of carbonyl (C=O) groups excluding carboxylic acids is 1. The Bertz CT molecular complexity index is 1310. The minimum absolute atomic E-state index is 0.0517. The molecule has 1 saturated carbocycles. The highest BCUT2D eigenvalue weighted by molar-refractivity contribution is 6.06. The van der Waals surface area contributed by atoms with Crippen LogP contribution in [0.15, 0.2) is 59.7 Å². The van der Waals surface area contributed by atoms with E-state index in [0.717, 1.165) is 47.7 Å². The molecule has 1 N–H and O–H groups in total. The Labute approximate surface area is 180 Å². The Morgan fingerprint density at radius 2 is 1.90 bits per heavy atom. The zero-order valence-corrected chi connectivity index (χ0v) is 17.7. The zero-order valence-electron chi connectivity index (χ0n) is 17.7. The second kappa shape index (κ2) is 8.02. The van der Waals surface area contributed by atoms with E-state index in [-0.39, 0.29) is 24.1 Å². The predicted molar refractivity (Wildman–Crippen MR) is 122 cm³/mol. The number of carbonyl (C=O) groups is 1. The molecule has 6 nitrogen and oxygen atoms in total. The van der Waals surface area contributed by atoms with Crippen molar-refractivity contribution in [3.63, 3.8) is 0 Å². The molecule has 2 aromatic heterocycles. The molecule has 0 saturated heterocycles. The van der Waals surface area contributed by atoms with Crippen LogP contribution in [-0.4, -0.2) is 26.1 Å². The standard InChI is InChI=1S/C25H26N4O2/c1-17-11-12-21-20(13-17)23-24(29(21)15-22(30)27-19-9-5-6-10-19)25(31)28(16-26-23)14-18-7-3-2-4-8-18/h2-4,7-8,11-13,16,19H,5-6,9-10,14-15H2,1H3,(H,27,30). The van der Waals surface area contributed by atoms with Crippen molar-refractivity contribution in [2.75, 3.05) is 0 Å². The van der Waals surface area contributed by atoms with E-state index in [1.54, 1.807) is 10.9 Å². The van der Waals surface area contributed by atoms with Crippen molar-refractivity contribution in [1.82, 2.24) is 19.4 Å². The quantitative estimate of drug-likeness (QED) is 0.541. The van der Waals surface area contributed by atoms with E-state index in [9.17, 15) is 9.59 Å². The van der Waals surface area contributed by atoms with Crippen LogP contribution < -0.4 is 10.9 Å². The summed E-state index contributed by atoms with van der Waals surface area (Å²) in [7, 11) is 0. The van der Waals surface area contributed by atoms with Gasteiger partial charge >= 0.3 is 0 Å². The molecule has 1 fully saturated rings. The summed E-state index contributed by atoms with van der Waals surface area (Å²) in [6.45, 7) is 2.58. The number of aryl methyl sites for hydroxylation is 1. The zero-order chi connectivity index (χ0) is 21.4. The van der Waals surface area contributed by atoms with Crippen molar-refractivity contribution >= 4 is 27.8 Å². The molecule has 2 heterocycles. The highest BCUT2D eigenvalue weighted by Crippen LogP contribution is 2.26. The molecule has 6 heteroatoms. The predicted octanol–water partition coefficient (Wildman–Crippen LogP) is 3.77. The molecule has 1 aliphatic carbocycles. The van der Waals surface area contributed by atoms with Gasteiger partial charge < -0.3 is 9.88 Å². The highest BCUT2D eigenvalue weighted by atomic mass is 16.2. The summed E-state index contributed by atoms with van der Waals surface area (Å²) in [6, 6.07) is 16.1. The minimum Gasteiger partial charge on any atom is -0.352 e. The molecule has 1 aliphatic rings. The Kier molecular flexibility index (Phi) is 5.06. The minimum atomic E-state index is -0.128. The molecule has 1 amide bonds. The summed E-state index contributed by atoms with van der Waals surface area (Å²) in [6.07, 6.45) is 6.00. The second-order valence-corrected chi connectivity index (χ2v) is 8.52. The number of rotatable bonds is 5. The van der Waals surface area contributed by atoms with Crippen LogP contribution in [0.5, 0.6) is 0 Å². The normalized spacial score (nSPS) is 14.5. The number of fused-ring (bicyclic) bond motifs is 3. The van der Waals surface area contributed by atoms with Crippen LogP contribution in [0.3, 0.4) is 0 Å². The summed E-state index contributed by atoms with van der Waals surface area (Å²) in [5.41, 5.74) is 4.00. The molecule has 158 valence electrons. The van der Waals surface area contributed by atoms with E-state index in [2.05, 4.69) is 10.3 Å². The lowest BCUT2D eigenvalue weighted by Crippen LogP contribution is -2.35. The molecular weight excluding hydrogens is 388 g/mol. The topological polar surface area (TPSA) is 68.9 Å². The van der Waals surface area contributed by atoms with Crippen molar-refractivity contribution in [3.8, 4) is 0 Å². The Hall–Kier alpha value is -3.41. The summed E-state index contributed by atoms with van der Waals surface area (Å²) in [5, 5.41) is 4.05. The Morgan fingerprint density at radius 3 is 2.68 bits per heavy atom. The molecule has 5 rings (SSSR count). The Balaban J connectivity index is 1.61. The van der Waals surface area contributed by atoms with Gasteiger partial charge in [0, 0.05) is 11.4 Å². The lowest BCUT2D eigenvalue weighted by molar-refractivity contribution is -0.122. The van der Waals surface area contributed by atoms with Gasteiger partial charge in [-0.15, -0.1) is 0 Å². The maximum Gasteiger partial charge on any atom is 0.278 e. The first-order chi connectivity index (χ1) is 15.1. The van der Waals surface area contributed by atoms with E-state index in [1.807, 2.05) is 60.0 Å². The average Bonchev–Trinajstić information content (AvgIpc) is 3.37. The first-order valence-electron chi connectivity index (χ1n) is 10.9. The maximum atomic E-state index is 13.5. The van der Waals surface area contributed by atoms with Crippen molar-refractivity contribution in [1.29, 1.82) is 0 Å². The number of aromatic nitrogens is 3. The summed E-state index contributed by atoms with van der Waals surface area (Å²) < 4.78 is 3.46. The second-order valence-electron chi connectivity index (χ2n) is 8.52. The fourth-order valence-corrected chi connectivity index (χ4v) is 4.66. The van der Waals surface area contributed by atoms with E-state index in [0.29, 0.717) is 17.6 Å². The lowest BCUT2D eigenvalue weighted by Gasteiger charge is -2.13. The largest absolute Gasteiger partial charge is 0.352 e. The van der Waals surface area contributed by atoms with E-state index in [1.165, 1.54) is 0 Å². The molecule has 4 aromatic rings. The molecule has 0 radical (unpaired) electrons. The molecule has 31 heavy (non-hydrogen) atoms. The van der Waals surface area contributed by atoms with Gasteiger partial charge in [-0.3, -0.25) is 14.2 Å². The number of amides is 1. The monoisotopic (exact) mass is 414 g/mol. The number of nitrogens with one attached hydrogen (secondary N) is 1. The smallest absolute Gasteiger partial charge is 0.278 e. The fraction of sp³-hybridized carbons (Fsp3) is 0.320. The van der Waals surface area contributed by atoms with Crippen LogP contribution in [-0.2, 0) is 17.9 Å². The van der Waals surface area contributed by atoms with Crippen LogP contribution in [0.25, 0.3) is 21.9 Å².